The summed E-state index contributed by atoms with van der Waals surface area (Å²) in [5, 5.41) is 0. The second-order valence-corrected chi connectivity index (χ2v) is 6.85. The topological polar surface area (TPSA) is 47.5 Å². The van der Waals surface area contributed by atoms with Crippen LogP contribution in [0.3, 0.4) is 0 Å². The van der Waals surface area contributed by atoms with Crippen molar-refractivity contribution in [1.29, 1.82) is 0 Å². The van der Waals surface area contributed by atoms with Gasteiger partial charge in [0, 0.05) is 11.6 Å². The number of nitrogens with zero attached hydrogens (tertiary/aromatic N) is 2. The number of benzene rings is 2. The van der Waals surface area contributed by atoms with E-state index < -0.39 is 0 Å². The second-order valence-electron chi connectivity index (χ2n) is 5.84. The highest BCUT2D eigenvalue weighted by Crippen LogP contribution is 2.23. The van der Waals surface area contributed by atoms with Crippen molar-refractivity contribution in [1.82, 2.24) is 9.38 Å². The third-order valence-corrected chi connectivity index (χ3v) is 5.14. The average molecular weight is 362 g/mol. The van der Waals surface area contributed by atoms with Crippen LogP contribution in [0, 0.1) is 5.82 Å². The second kappa shape index (κ2) is 5.64. The maximum atomic E-state index is 13.0. The van der Waals surface area contributed by atoms with Gasteiger partial charge in [-0.3, -0.25) is 4.79 Å². The first-order valence-corrected chi connectivity index (χ1v) is 8.78. The molecule has 0 saturated carbocycles. The standard InChI is InChI=1S/C20H11FN2O2S/c21-13-7-5-12(6-8-13)17-10-9-14(25-17)11-18-19(24)23-16-4-2-1-3-15(16)22-20(23)26-18/h1-11H/b18-11+. The smallest absolute Gasteiger partial charge is 0.275 e. The van der Waals surface area contributed by atoms with Gasteiger partial charge in [0.05, 0.1) is 11.0 Å². The van der Waals surface area contributed by atoms with Gasteiger partial charge in [0.25, 0.3) is 5.56 Å². The Morgan fingerprint density at radius 3 is 2.69 bits per heavy atom. The molecule has 0 spiro atoms. The minimum Gasteiger partial charge on any atom is -0.457 e. The van der Waals surface area contributed by atoms with Gasteiger partial charge in [-0.15, -0.1) is 0 Å². The van der Waals surface area contributed by atoms with E-state index in [1.807, 2.05) is 24.3 Å². The molecule has 0 aliphatic rings. The van der Waals surface area contributed by atoms with Crippen LogP contribution in [0.4, 0.5) is 4.39 Å². The summed E-state index contributed by atoms with van der Waals surface area (Å²) < 4.78 is 21.0. The van der Waals surface area contributed by atoms with Crippen LogP contribution >= 0.6 is 11.3 Å². The molecule has 0 aliphatic carbocycles. The largest absolute Gasteiger partial charge is 0.457 e. The van der Waals surface area contributed by atoms with Crippen LogP contribution in [0.5, 0.6) is 0 Å². The van der Waals surface area contributed by atoms with Crippen molar-refractivity contribution in [3.63, 3.8) is 0 Å². The third kappa shape index (κ3) is 2.34. The molecular weight excluding hydrogens is 351 g/mol. The molecule has 26 heavy (non-hydrogen) atoms. The summed E-state index contributed by atoms with van der Waals surface area (Å²) in [6, 6.07) is 17.2. The molecule has 0 atom stereocenters. The number of para-hydroxylation sites is 2. The van der Waals surface area contributed by atoms with Crippen molar-refractivity contribution in [2.45, 2.75) is 0 Å². The Morgan fingerprint density at radius 1 is 1.04 bits per heavy atom. The Kier molecular flexibility index (Phi) is 3.26. The first-order valence-electron chi connectivity index (χ1n) is 7.96. The Morgan fingerprint density at radius 2 is 1.85 bits per heavy atom. The highest BCUT2D eigenvalue weighted by Gasteiger charge is 2.11. The molecule has 0 N–H and O–H groups in total. The van der Waals surface area contributed by atoms with Gasteiger partial charge in [-0.2, -0.15) is 0 Å². The van der Waals surface area contributed by atoms with Crippen LogP contribution in [0.15, 0.2) is 69.9 Å². The van der Waals surface area contributed by atoms with Gasteiger partial charge in [-0.05, 0) is 48.5 Å². The molecule has 2 aromatic carbocycles. The lowest BCUT2D eigenvalue weighted by molar-refractivity contribution is 0.571. The van der Waals surface area contributed by atoms with Gasteiger partial charge in [-0.25, -0.2) is 13.8 Å². The molecule has 126 valence electrons. The van der Waals surface area contributed by atoms with Crippen molar-refractivity contribution in [3.8, 4) is 11.3 Å². The van der Waals surface area contributed by atoms with Crippen LogP contribution in [0.1, 0.15) is 5.76 Å². The number of halogens is 1. The van der Waals surface area contributed by atoms with E-state index in [2.05, 4.69) is 4.98 Å². The SMILES string of the molecule is O=c1/c(=C\c2ccc(-c3ccc(F)cc3)o2)sc2nc3ccccc3n12. The van der Waals surface area contributed by atoms with Gasteiger partial charge in [-0.1, -0.05) is 23.5 Å². The Bertz CT molecular complexity index is 1360. The van der Waals surface area contributed by atoms with Crippen LogP contribution < -0.4 is 10.1 Å². The molecule has 0 fully saturated rings. The fourth-order valence-electron chi connectivity index (χ4n) is 2.94. The van der Waals surface area contributed by atoms with Gasteiger partial charge < -0.3 is 4.42 Å². The molecule has 0 radical (unpaired) electrons. The zero-order valence-corrected chi connectivity index (χ0v) is 14.2. The van der Waals surface area contributed by atoms with Gasteiger partial charge in [0.1, 0.15) is 21.9 Å². The van der Waals surface area contributed by atoms with E-state index in [-0.39, 0.29) is 11.4 Å². The van der Waals surface area contributed by atoms with Gasteiger partial charge >= 0.3 is 0 Å². The fourth-order valence-corrected chi connectivity index (χ4v) is 3.91. The van der Waals surface area contributed by atoms with Gasteiger partial charge in [0.15, 0.2) is 4.96 Å². The van der Waals surface area contributed by atoms with E-state index in [0.29, 0.717) is 21.0 Å². The molecule has 0 aliphatic heterocycles. The summed E-state index contributed by atoms with van der Waals surface area (Å²) in [6.07, 6.45) is 1.71. The number of fused-ring (bicyclic) bond motifs is 3. The van der Waals surface area contributed by atoms with E-state index in [4.69, 9.17) is 4.42 Å². The zero-order valence-electron chi connectivity index (χ0n) is 13.3. The molecular formula is C20H11FN2O2S. The maximum Gasteiger partial charge on any atom is 0.275 e. The number of hydrogen-bond donors (Lipinski definition) is 0. The van der Waals surface area contributed by atoms with E-state index in [0.717, 1.165) is 16.6 Å². The molecule has 6 heteroatoms. The number of furan rings is 1. The molecule has 3 heterocycles. The molecule has 5 rings (SSSR count). The van der Waals surface area contributed by atoms with E-state index in [1.54, 1.807) is 34.7 Å². The summed E-state index contributed by atoms with van der Waals surface area (Å²) in [5.41, 5.74) is 2.27. The molecule has 5 aromatic rings. The zero-order chi connectivity index (χ0) is 17.7. The number of aromatic nitrogens is 2. The maximum absolute atomic E-state index is 13.0. The quantitative estimate of drug-likeness (QED) is 0.479. The predicted octanol–water partition coefficient (Wildman–Crippen LogP) is 3.86. The monoisotopic (exact) mass is 362 g/mol. The summed E-state index contributed by atoms with van der Waals surface area (Å²) in [7, 11) is 0. The highest BCUT2D eigenvalue weighted by molar-refractivity contribution is 7.15. The van der Waals surface area contributed by atoms with Crippen molar-refractivity contribution >= 4 is 33.4 Å². The molecule has 0 unspecified atom stereocenters. The fraction of sp³-hybridized carbons (Fsp3) is 0. The molecule has 3 aromatic heterocycles. The minimum atomic E-state index is -0.294. The average Bonchev–Trinajstić information content (AvgIpc) is 3.32. The summed E-state index contributed by atoms with van der Waals surface area (Å²) in [4.78, 5) is 17.9. The normalized spacial score (nSPS) is 12.4. The lowest BCUT2D eigenvalue weighted by Crippen LogP contribution is -2.22. The molecule has 0 bridgehead atoms. The summed E-state index contributed by atoms with van der Waals surface area (Å²) in [6.45, 7) is 0. The molecule has 4 nitrogen and oxygen atoms in total. The van der Waals surface area contributed by atoms with Crippen LogP contribution in [-0.4, -0.2) is 9.38 Å². The predicted molar refractivity (Wildman–Crippen MR) is 99.7 cm³/mol. The summed E-state index contributed by atoms with van der Waals surface area (Å²) >= 11 is 1.33. The Labute approximate surface area is 150 Å². The molecule has 0 amide bonds. The van der Waals surface area contributed by atoms with Crippen molar-refractivity contribution in [2.75, 3.05) is 0 Å². The molecule has 0 saturated heterocycles. The number of hydrogen-bond acceptors (Lipinski definition) is 4. The van der Waals surface area contributed by atoms with Crippen LogP contribution in [0.25, 0.3) is 33.4 Å². The van der Waals surface area contributed by atoms with Crippen molar-refractivity contribution in [2.24, 2.45) is 0 Å². The van der Waals surface area contributed by atoms with Crippen LogP contribution in [0.2, 0.25) is 0 Å². The minimum absolute atomic E-state index is 0.113. The first-order chi connectivity index (χ1) is 12.7. The third-order valence-electron chi connectivity index (χ3n) is 4.17. The number of imidazole rings is 1. The lowest BCUT2D eigenvalue weighted by Gasteiger charge is -1.95. The van der Waals surface area contributed by atoms with E-state index >= 15 is 0 Å². The summed E-state index contributed by atoms with van der Waals surface area (Å²) in [5.74, 6) is 0.892. The van der Waals surface area contributed by atoms with E-state index in [9.17, 15) is 9.18 Å². The van der Waals surface area contributed by atoms with Gasteiger partial charge in [0.2, 0.25) is 0 Å². The van der Waals surface area contributed by atoms with Crippen LogP contribution in [-0.2, 0) is 0 Å². The van der Waals surface area contributed by atoms with Crippen molar-refractivity contribution in [3.05, 3.63) is 87.1 Å². The number of rotatable bonds is 2. The first kappa shape index (κ1) is 15.0. The number of thiazole rings is 1. The van der Waals surface area contributed by atoms with Crippen molar-refractivity contribution < 1.29 is 8.81 Å². The highest BCUT2D eigenvalue weighted by atomic mass is 32.1. The Hall–Kier alpha value is -3.25. The lowest BCUT2D eigenvalue weighted by atomic mass is 10.2. The van der Waals surface area contributed by atoms with E-state index in [1.165, 1.54) is 23.5 Å². The Balaban J connectivity index is 1.62.